The van der Waals surface area contributed by atoms with Crippen LogP contribution in [0.4, 0.5) is 5.69 Å². The van der Waals surface area contributed by atoms with Crippen molar-refractivity contribution in [1.82, 2.24) is 9.37 Å². The summed E-state index contributed by atoms with van der Waals surface area (Å²) in [5.41, 5.74) is 2.34. The van der Waals surface area contributed by atoms with E-state index in [1.165, 1.54) is 16.4 Å². The number of amides is 2. The van der Waals surface area contributed by atoms with E-state index < -0.39 is 33.6 Å². The van der Waals surface area contributed by atoms with Crippen molar-refractivity contribution >= 4 is 33.5 Å². The van der Waals surface area contributed by atoms with E-state index in [1.807, 2.05) is 31.2 Å². The van der Waals surface area contributed by atoms with Gasteiger partial charge in [0.1, 0.15) is 0 Å². The molecule has 2 aromatic rings. The maximum Gasteiger partial charge on any atom is 0.349 e. The minimum atomic E-state index is -3.96. The van der Waals surface area contributed by atoms with Crippen LogP contribution in [-0.4, -0.2) is 67.5 Å². The average Bonchev–Trinajstić information content (AvgIpc) is 2.98. The molecule has 0 bridgehead atoms. The number of nitrogens with zero attached hydrogens (tertiary/aromatic N) is 3. The molecule has 31 heavy (non-hydrogen) atoms. The molecular weight excluding hydrogens is 422 g/mol. The SMILES string of the molecule is Cc1cccc(N2CCN(S(=O)(=O)CC(=O)ON3C(=O)c4ccccc4C3=O)CC2)c1. The standard InChI is InChI=1S/C21H21N3O6S/c1-15-5-4-6-16(13-15)22-9-11-23(12-10-22)31(28,29)14-19(25)30-24-20(26)17-7-2-3-8-18(17)21(24)27/h2-8,13H,9-12,14H2,1H3. The molecule has 0 saturated carbocycles. The third-order valence-electron chi connectivity index (χ3n) is 5.25. The molecule has 0 atom stereocenters. The summed E-state index contributed by atoms with van der Waals surface area (Å²) in [6.07, 6.45) is 0. The third-order valence-corrected chi connectivity index (χ3v) is 7.00. The summed E-state index contributed by atoms with van der Waals surface area (Å²) in [4.78, 5) is 43.7. The lowest BCUT2D eigenvalue weighted by atomic mass is 10.1. The van der Waals surface area contributed by atoms with Crippen LogP contribution in [0, 0.1) is 6.92 Å². The van der Waals surface area contributed by atoms with Gasteiger partial charge in [-0.15, -0.1) is 0 Å². The molecule has 2 aliphatic heterocycles. The molecular formula is C21H21N3O6S. The van der Waals surface area contributed by atoms with E-state index in [2.05, 4.69) is 4.90 Å². The van der Waals surface area contributed by atoms with Crippen LogP contribution in [0.1, 0.15) is 26.3 Å². The number of rotatable bonds is 5. The van der Waals surface area contributed by atoms with Crippen molar-refractivity contribution in [2.45, 2.75) is 6.92 Å². The molecule has 1 fully saturated rings. The fraction of sp³-hybridized carbons (Fsp3) is 0.286. The molecule has 0 aromatic heterocycles. The Kier molecular flexibility index (Phi) is 5.50. The molecule has 0 aliphatic carbocycles. The number of sulfonamides is 1. The van der Waals surface area contributed by atoms with Crippen molar-refractivity contribution in [3.05, 3.63) is 65.2 Å². The topological polar surface area (TPSA) is 104 Å². The molecule has 0 unspecified atom stereocenters. The quantitative estimate of drug-likeness (QED) is 0.640. The number of hydrogen-bond donors (Lipinski definition) is 0. The molecule has 2 heterocycles. The lowest BCUT2D eigenvalue weighted by molar-refractivity contribution is -0.165. The van der Waals surface area contributed by atoms with Gasteiger partial charge in [0.2, 0.25) is 10.0 Å². The average molecular weight is 443 g/mol. The predicted molar refractivity (Wildman–Crippen MR) is 112 cm³/mol. The van der Waals surface area contributed by atoms with Gasteiger partial charge in [-0.1, -0.05) is 29.3 Å². The maximum atomic E-state index is 12.7. The number of aryl methyl sites for hydroxylation is 1. The number of carbonyl (C=O) groups is 3. The van der Waals surface area contributed by atoms with Gasteiger partial charge >= 0.3 is 5.97 Å². The zero-order valence-corrected chi connectivity index (χ0v) is 17.7. The molecule has 4 rings (SSSR count). The summed E-state index contributed by atoms with van der Waals surface area (Å²) in [7, 11) is -3.96. The first-order chi connectivity index (χ1) is 14.8. The van der Waals surface area contributed by atoms with Crippen LogP contribution in [0.3, 0.4) is 0 Å². The molecule has 10 heteroatoms. The lowest BCUT2D eigenvalue weighted by Gasteiger charge is -2.35. The molecule has 2 aliphatic rings. The summed E-state index contributed by atoms with van der Waals surface area (Å²) >= 11 is 0. The lowest BCUT2D eigenvalue weighted by Crippen LogP contribution is -2.50. The van der Waals surface area contributed by atoms with Gasteiger partial charge < -0.3 is 9.74 Å². The summed E-state index contributed by atoms with van der Waals surface area (Å²) < 4.78 is 26.6. The summed E-state index contributed by atoms with van der Waals surface area (Å²) in [5, 5.41) is 0.318. The van der Waals surface area contributed by atoms with E-state index in [1.54, 1.807) is 12.1 Å². The van der Waals surface area contributed by atoms with Gasteiger partial charge in [-0.3, -0.25) is 9.59 Å². The van der Waals surface area contributed by atoms with Crippen LogP contribution in [-0.2, 0) is 19.7 Å². The summed E-state index contributed by atoms with van der Waals surface area (Å²) in [6.45, 7) is 3.39. The highest BCUT2D eigenvalue weighted by Crippen LogP contribution is 2.23. The zero-order valence-electron chi connectivity index (χ0n) is 16.9. The van der Waals surface area contributed by atoms with Crippen molar-refractivity contribution in [2.24, 2.45) is 0 Å². The van der Waals surface area contributed by atoms with E-state index in [9.17, 15) is 22.8 Å². The number of hydroxylamine groups is 2. The first-order valence-corrected chi connectivity index (χ1v) is 11.4. The Morgan fingerprint density at radius 1 is 0.935 bits per heavy atom. The minimum Gasteiger partial charge on any atom is -0.369 e. The Morgan fingerprint density at radius 2 is 1.55 bits per heavy atom. The number of carbonyl (C=O) groups excluding carboxylic acids is 3. The smallest absolute Gasteiger partial charge is 0.349 e. The van der Waals surface area contributed by atoms with Crippen LogP contribution in [0.25, 0.3) is 0 Å². The Morgan fingerprint density at radius 3 is 2.13 bits per heavy atom. The van der Waals surface area contributed by atoms with Crippen LogP contribution < -0.4 is 4.90 Å². The Balaban J connectivity index is 1.36. The number of imide groups is 1. The van der Waals surface area contributed by atoms with E-state index in [0.717, 1.165) is 11.3 Å². The molecule has 0 N–H and O–H groups in total. The second kappa shape index (κ2) is 8.12. The number of hydrogen-bond acceptors (Lipinski definition) is 7. The second-order valence-electron chi connectivity index (χ2n) is 7.39. The molecule has 2 amide bonds. The van der Waals surface area contributed by atoms with Gasteiger partial charge in [-0.25, -0.2) is 13.2 Å². The molecule has 0 spiro atoms. The highest BCUT2D eigenvalue weighted by atomic mass is 32.2. The van der Waals surface area contributed by atoms with Crippen molar-refractivity contribution in [2.75, 3.05) is 36.8 Å². The van der Waals surface area contributed by atoms with Gasteiger partial charge in [0.25, 0.3) is 11.8 Å². The van der Waals surface area contributed by atoms with Crippen molar-refractivity contribution in [3.63, 3.8) is 0 Å². The van der Waals surface area contributed by atoms with Gasteiger partial charge in [0.05, 0.1) is 11.1 Å². The maximum absolute atomic E-state index is 12.7. The van der Waals surface area contributed by atoms with Crippen LogP contribution in [0.2, 0.25) is 0 Å². The highest BCUT2D eigenvalue weighted by Gasteiger charge is 2.40. The van der Waals surface area contributed by atoms with Gasteiger partial charge in [0, 0.05) is 31.9 Å². The van der Waals surface area contributed by atoms with Crippen LogP contribution >= 0.6 is 0 Å². The first kappa shape index (κ1) is 21.0. The molecule has 162 valence electrons. The minimum absolute atomic E-state index is 0.107. The van der Waals surface area contributed by atoms with Gasteiger partial charge in [0.15, 0.2) is 5.75 Å². The van der Waals surface area contributed by atoms with E-state index >= 15 is 0 Å². The first-order valence-electron chi connectivity index (χ1n) is 9.74. The van der Waals surface area contributed by atoms with Crippen LogP contribution in [0.15, 0.2) is 48.5 Å². The molecule has 1 saturated heterocycles. The van der Waals surface area contributed by atoms with Crippen molar-refractivity contribution in [1.29, 1.82) is 0 Å². The normalized spacial score (nSPS) is 17.1. The van der Waals surface area contributed by atoms with E-state index in [-0.39, 0.29) is 24.2 Å². The largest absolute Gasteiger partial charge is 0.369 e. The fourth-order valence-electron chi connectivity index (χ4n) is 3.67. The van der Waals surface area contributed by atoms with E-state index in [0.29, 0.717) is 18.2 Å². The highest BCUT2D eigenvalue weighted by molar-refractivity contribution is 7.89. The second-order valence-corrected chi connectivity index (χ2v) is 9.36. The molecule has 0 radical (unpaired) electrons. The molecule has 9 nitrogen and oxygen atoms in total. The number of benzene rings is 2. The fourth-order valence-corrected chi connectivity index (χ4v) is 4.92. The number of fused-ring (bicyclic) bond motifs is 1. The number of anilines is 1. The van der Waals surface area contributed by atoms with Gasteiger partial charge in [-0.2, -0.15) is 4.31 Å². The Hall–Kier alpha value is -3.24. The van der Waals surface area contributed by atoms with Crippen LogP contribution in [0.5, 0.6) is 0 Å². The predicted octanol–water partition coefficient (Wildman–Crippen LogP) is 1.20. The summed E-state index contributed by atoms with van der Waals surface area (Å²) in [6, 6.07) is 14.0. The Bertz CT molecular complexity index is 1120. The van der Waals surface area contributed by atoms with Crippen molar-refractivity contribution < 1.29 is 27.6 Å². The Labute approximate surface area is 179 Å². The van der Waals surface area contributed by atoms with Gasteiger partial charge in [-0.05, 0) is 36.8 Å². The number of piperazine rings is 1. The monoisotopic (exact) mass is 443 g/mol. The summed E-state index contributed by atoms with van der Waals surface area (Å²) in [5.74, 6) is -3.72. The zero-order chi connectivity index (χ0) is 22.2. The third kappa shape index (κ3) is 4.17. The molecule has 2 aromatic carbocycles. The van der Waals surface area contributed by atoms with Crippen molar-refractivity contribution in [3.8, 4) is 0 Å². The van der Waals surface area contributed by atoms with E-state index in [4.69, 9.17) is 4.84 Å².